The van der Waals surface area contributed by atoms with E-state index in [9.17, 15) is 9.59 Å². The third kappa shape index (κ3) is 4.24. The number of nitrogens with zero attached hydrogens (tertiary/aromatic N) is 1. The van der Waals surface area contributed by atoms with Crippen LogP contribution in [-0.4, -0.2) is 42.3 Å². The number of hydrogen-bond donors (Lipinski definition) is 1. The molecular formula is C12H21NO4. The maximum absolute atomic E-state index is 11.2. The van der Waals surface area contributed by atoms with Crippen LogP contribution in [0.25, 0.3) is 0 Å². The van der Waals surface area contributed by atoms with Gasteiger partial charge >= 0.3 is 12.1 Å². The normalized spacial score (nSPS) is 18.8. The van der Waals surface area contributed by atoms with Crippen molar-refractivity contribution in [2.24, 2.45) is 11.8 Å². The molecule has 1 unspecified atom stereocenters. The molecule has 0 saturated carbocycles. The lowest BCUT2D eigenvalue weighted by Crippen LogP contribution is -2.37. The quantitative estimate of drug-likeness (QED) is 0.766. The Labute approximate surface area is 102 Å². The molecule has 0 aromatic heterocycles. The summed E-state index contributed by atoms with van der Waals surface area (Å²) in [6.07, 6.45) is 2.78. The van der Waals surface area contributed by atoms with Crippen LogP contribution in [0.5, 0.6) is 0 Å². The average Bonchev–Trinajstić information content (AvgIpc) is 2.35. The monoisotopic (exact) mass is 243 g/mol. The maximum atomic E-state index is 11.2. The Morgan fingerprint density at radius 1 is 1.41 bits per heavy atom. The molecule has 0 aliphatic carbocycles. The molecule has 1 amide bonds. The summed E-state index contributed by atoms with van der Waals surface area (Å²) in [6, 6.07) is 0. The molecule has 1 atom stereocenters. The molecule has 5 nitrogen and oxygen atoms in total. The van der Waals surface area contributed by atoms with E-state index in [1.165, 1.54) is 12.0 Å². The van der Waals surface area contributed by atoms with Crippen LogP contribution in [0.1, 0.15) is 32.6 Å². The van der Waals surface area contributed by atoms with E-state index >= 15 is 0 Å². The van der Waals surface area contributed by atoms with E-state index in [-0.39, 0.29) is 11.9 Å². The average molecular weight is 243 g/mol. The number of carboxylic acid groups (broad SMARTS) is 1. The fraction of sp³-hybridized carbons (Fsp3) is 0.833. The van der Waals surface area contributed by atoms with Crippen LogP contribution >= 0.6 is 0 Å². The van der Waals surface area contributed by atoms with Crippen LogP contribution in [0.15, 0.2) is 0 Å². The first-order valence-electron chi connectivity index (χ1n) is 6.10. The minimum atomic E-state index is -0.827. The van der Waals surface area contributed by atoms with Gasteiger partial charge in [-0.2, -0.15) is 0 Å². The van der Waals surface area contributed by atoms with Crippen molar-refractivity contribution in [1.82, 2.24) is 4.90 Å². The third-order valence-corrected chi connectivity index (χ3v) is 3.50. The molecule has 0 aromatic rings. The first-order chi connectivity index (χ1) is 8.04. The van der Waals surface area contributed by atoms with Crippen molar-refractivity contribution >= 4 is 12.1 Å². The number of amides is 1. The highest BCUT2D eigenvalue weighted by atomic mass is 16.5. The molecular weight excluding hydrogens is 222 g/mol. The molecule has 1 rings (SSSR count). The lowest BCUT2D eigenvalue weighted by molar-refractivity contribution is -0.145. The zero-order valence-corrected chi connectivity index (χ0v) is 10.5. The van der Waals surface area contributed by atoms with Crippen molar-refractivity contribution in [1.29, 1.82) is 0 Å². The zero-order valence-electron chi connectivity index (χ0n) is 10.5. The van der Waals surface area contributed by atoms with E-state index in [1.807, 2.05) is 6.92 Å². The number of piperidine rings is 1. The predicted octanol–water partition coefficient (Wildman–Crippen LogP) is 1.97. The molecule has 1 aliphatic heterocycles. The van der Waals surface area contributed by atoms with Crippen molar-refractivity contribution in [3.63, 3.8) is 0 Å². The van der Waals surface area contributed by atoms with E-state index in [0.29, 0.717) is 19.0 Å². The van der Waals surface area contributed by atoms with Gasteiger partial charge in [-0.25, -0.2) is 4.79 Å². The van der Waals surface area contributed by atoms with E-state index in [4.69, 9.17) is 5.11 Å². The van der Waals surface area contributed by atoms with Crippen LogP contribution in [0, 0.1) is 11.8 Å². The summed E-state index contributed by atoms with van der Waals surface area (Å²) >= 11 is 0. The van der Waals surface area contributed by atoms with Crippen molar-refractivity contribution in [2.75, 3.05) is 20.2 Å². The van der Waals surface area contributed by atoms with Crippen LogP contribution in [0.3, 0.4) is 0 Å². The van der Waals surface area contributed by atoms with E-state index in [1.54, 1.807) is 0 Å². The topological polar surface area (TPSA) is 66.8 Å². The van der Waals surface area contributed by atoms with Gasteiger partial charge in [0.1, 0.15) is 0 Å². The van der Waals surface area contributed by atoms with Crippen LogP contribution < -0.4 is 0 Å². The van der Waals surface area contributed by atoms with Gasteiger partial charge in [0.05, 0.1) is 13.0 Å². The Balaban J connectivity index is 2.22. The first-order valence-corrected chi connectivity index (χ1v) is 6.10. The summed E-state index contributed by atoms with van der Waals surface area (Å²) < 4.78 is 4.68. The molecule has 98 valence electrons. The Kier molecular flexibility index (Phi) is 5.25. The minimum absolute atomic E-state index is 0.0579. The van der Waals surface area contributed by atoms with Gasteiger partial charge in [-0.1, -0.05) is 6.92 Å². The number of ether oxygens (including phenoxy) is 1. The molecule has 0 radical (unpaired) electrons. The summed E-state index contributed by atoms with van der Waals surface area (Å²) in [5.41, 5.74) is 0. The Morgan fingerprint density at radius 3 is 2.47 bits per heavy atom. The van der Waals surface area contributed by atoms with E-state index in [2.05, 4.69) is 4.74 Å². The number of esters is 1. The number of carbonyl (C=O) groups is 2. The first kappa shape index (κ1) is 13.8. The number of carbonyl (C=O) groups excluding carboxylic acids is 1. The highest BCUT2D eigenvalue weighted by Gasteiger charge is 2.23. The Hall–Kier alpha value is -1.26. The van der Waals surface area contributed by atoms with Gasteiger partial charge in [-0.05, 0) is 31.6 Å². The van der Waals surface area contributed by atoms with Gasteiger partial charge in [0.15, 0.2) is 0 Å². The lowest BCUT2D eigenvalue weighted by Gasteiger charge is -2.30. The van der Waals surface area contributed by atoms with Gasteiger partial charge in [0, 0.05) is 13.1 Å². The van der Waals surface area contributed by atoms with Crippen molar-refractivity contribution in [2.45, 2.75) is 32.6 Å². The lowest BCUT2D eigenvalue weighted by atomic mass is 9.89. The van der Waals surface area contributed by atoms with E-state index < -0.39 is 6.09 Å². The second-order valence-electron chi connectivity index (χ2n) is 4.71. The van der Waals surface area contributed by atoms with Gasteiger partial charge < -0.3 is 14.7 Å². The summed E-state index contributed by atoms with van der Waals surface area (Å²) in [7, 11) is 1.41. The van der Waals surface area contributed by atoms with Crippen molar-refractivity contribution in [3.8, 4) is 0 Å². The minimum Gasteiger partial charge on any atom is -0.469 e. The summed E-state index contributed by atoms with van der Waals surface area (Å²) in [5.74, 6) is 0.322. The molecule has 17 heavy (non-hydrogen) atoms. The molecule has 1 N–H and O–H groups in total. The summed E-state index contributed by atoms with van der Waals surface area (Å²) in [4.78, 5) is 23.4. The number of methoxy groups -OCH3 is 1. The molecule has 0 aromatic carbocycles. The molecule has 1 fully saturated rings. The zero-order chi connectivity index (χ0) is 12.8. The molecule has 5 heteroatoms. The van der Waals surface area contributed by atoms with Gasteiger partial charge in [-0.3, -0.25) is 4.79 Å². The largest absolute Gasteiger partial charge is 0.469 e. The molecule has 1 saturated heterocycles. The molecule has 1 heterocycles. The fourth-order valence-corrected chi connectivity index (χ4v) is 2.22. The highest BCUT2D eigenvalue weighted by Crippen LogP contribution is 2.24. The maximum Gasteiger partial charge on any atom is 0.407 e. The SMILES string of the molecule is COC(=O)C(C)CCC1CCN(C(=O)O)CC1. The summed E-state index contributed by atoms with van der Waals surface area (Å²) in [5, 5.41) is 8.81. The molecule has 1 aliphatic rings. The standard InChI is InChI=1S/C12H21NO4/c1-9(11(14)17-2)3-4-10-5-7-13(8-6-10)12(15)16/h9-10H,3-8H2,1-2H3,(H,15,16). The van der Waals surface area contributed by atoms with Gasteiger partial charge in [0.2, 0.25) is 0 Å². The van der Waals surface area contributed by atoms with Crippen molar-refractivity contribution < 1.29 is 19.4 Å². The number of likely N-dealkylation sites (tertiary alicyclic amines) is 1. The molecule has 0 spiro atoms. The number of hydrogen-bond acceptors (Lipinski definition) is 3. The van der Waals surface area contributed by atoms with Crippen LogP contribution in [0.4, 0.5) is 4.79 Å². The van der Waals surface area contributed by atoms with Crippen molar-refractivity contribution in [3.05, 3.63) is 0 Å². The highest BCUT2D eigenvalue weighted by molar-refractivity contribution is 5.71. The second kappa shape index (κ2) is 6.47. The second-order valence-corrected chi connectivity index (χ2v) is 4.71. The number of rotatable bonds is 4. The Bertz CT molecular complexity index is 272. The van der Waals surface area contributed by atoms with Crippen LogP contribution in [-0.2, 0) is 9.53 Å². The van der Waals surface area contributed by atoms with E-state index in [0.717, 1.165) is 25.7 Å². The van der Waals surface area contributed by atoms with Gasteiger partial charge in [0.25, 0.3) is 0 Å². The van der Waals surface area contributed by atoms with Crippen LogP contribution in [0.2, 0.25) is 0 Å². The smallest absolute Gasteiger partial charge is 0.407 e. The fourth-order valence-electron chi connectivity index (χ4n) is 2.22. The molecule has 0 bridgehead atoms. The predicted molar refractivity (Wildman–Crippen MR) is 62.7 cm³/mol. The van der Waals surface area contributed by atoms with Gasteiger partial charge in [-0.15, -0.1) is 0 Å². The summed E-state index contributed by atoms with van der Waals surface area (Å²) in [6.45, 7) is 3.11. The third-order valence-electron chi connectivity index (χ3n) is 3.50. The Morgan fingerprint density at radius 2 is 2.00 bits per heavy atom.